The highest BCUT2D eigenvalue weighted by molar-refractivity contribution is 7.99. The van der Waals surface area contributed by atoms with Gasteiger partial charge in [-0.25, -0.2) is 4.79 Å². The predicted octanol–water partition coefficient (Wildman–Crippen LogP) is 1.52. The molecule has 1 aromatic rings. The van der Waals surface area contributed by atoms with Crippen LogP contribution in [0.15, 0.2) is 18.2 Å². The number of ketones is 1. The van der Waals surface area contributed by atoms with E-state index in [9.17, 15) is 19.2 Å². The van der Waals surface area contributed by atoms with E-state index in [-0.39, 0.29) is 11.5 Å². The third-order valence-corrected chi connectivity index (χ3v) is 4.07. The number of nitrogens with one attached hydrogen (secondary N) is 2. The minimum absolute atomic E-state index is 0.0158. The van der Waals surface area contributed by atoms with E-state index in [0.717, 1.165) is 5.56 Å². The van der Waals surface area contributed by atoms with Crippen molar-refractivity contribution >= 4 is 35.5 Å². The predicted molar refractivity (Wildman–Crippen MR) is 97.3 cm³/mol. The van der Waals surface area contributed by atoms with Crippen LogP contribution in [0, 0.1) is 0 Å². The van der Waals surface area contributed by atoms with E-state index in [4.69, 9.17) is 9.47 Å². The first kappa shape index (κ1) is 21.5. The molecule has 0 aliphatic carbocycles. The first-order valence-corrected chi connectivity index (χ1v) is 9.01. The second kappa shape index (κ2) is 11.1. The van der Waals surface area contributed by atoms with Crippen molar-refractivity contribution in [2.75, 3.05) is 26.0 Å². The molecule has 1 aromatic carbocycles. The van der Waals surface area contributed by atoms with Crippen molar-refractivity contribution in [3.8, 4) is 5.75 Å². The summed E-state index contributed by atoms with van der Waals surface area (Å²) in [6.07, 6.45) is 0. The summed E-state index contributed by atoms with van der Waals surface area (Å²) in [5.74, 6) is -0.270. The number of ether oxygens (including phenoxy) is 2. The van der Waals surface area contributed by atoms with Gasteiger partial charge < -0.3 is 14.8 Å². The third kappa shape index (κ3) is 7.56. The molecule has 0 unspecified atom stereocenters. The van der Waals surface area contributed by atoms with Crippen LogP contribution in [0.4, 0.5) is 4.79 Å². The molecule has 26 heavy (non-hydrogen) atoms. The molecule has 0 spiro atoms. The third-order valence-electron chi connectivity index (χ3n) is 3.12. The number of rotatable bonds is 9. The van der Waals surface area contributed by atoms with Crippen LogP contribution in [-0.2, 0) is 20.1 Å². The van der Waals surface area contributed by atoms with E-state index >= 15 is 0 Å². The van der Waals surface area contributed by atoms with Crippen molar-refractivity contribution in [1.82, 2.24) is 10.6 Å². The molecule has 3 amide bonds. The summed E-state index contributed by atoms with van der Waals surface area (Å²) in [6, 6.07) is 4.47. The van der Waals surface area contributed by atoms with Gasteiger partial charge in [0.25, 0.3) is 5.91 Å². The first-order valence-electron chi connectivity index (χ1n) is 7.86. The van der Waals surface area contributed by atoms with E-state index in [1.165, 1.54) is 25.8 Å². The van der Waals surface area contributed by atoms with Crippen molar-refractivity contribution in [2.24, 2.45) is 0 Å². The van der Waals surface area contributed by atoms with Gasteiger partial charge in [0.05, 0.1) is 12.9 Å². The number of urea groups is 1. The van der Waals surface area contributed by atoms with Crippen LogP contribution in [0.25, 0.3) is 0 Å². The molecule has 0 atom stereocenters. The molecule has 0 fully saturated rings. The molecule has 2 N–H and O–H groups in total. The Labute approximate surface area is 156 Å². The molecule has 9 heteroatoms. The topological polar surface area (TPSA) is 111 Å². The lowest BCUT2D eigenvalue weighted by Gasteiger charge is -2.10. The zero-order valence-corrected chi connectivity index (χ0v) is 15.7. The number of hydrogen-bond acceptors (Lipinski definition) is 7. The Morgan fingerprint density at radius 1 is 1.19 bits per heavy atom. The van der Waals surface area contributed by atoms with Crippen molar-refractivity contribution in [3.63, 3.8) is 0 Å². The Hall–Kier alpha value is -2.55. The molecule has 8 nitrogen and oxygen atoms in total. The van der Waals surface area contributed by atoms with Crippen LogP contribution in [0.3, 0.4) is 0 Å². The normalized spacial score (nSPS) is 9.96. The van der Waals surface area contributed by atoms with Crippen LogP contribution >= 0.6 is 11.8 Å². The second-order valence-electron chi connectivity index (χ2n) is 5.14. The first-order chi connectivity index (χ1) is 12.4. The van der Waals surface area contributed by atoms with Gasteiger partial charge in [-0.1, -0.05) is 0 Å². The van der Waals surface area contributed by atoms with Crippen LogP contribution in [0.1, 0.15) is 29.8 Å². The molecule has 0 aliphatic heterocycles. The molecule has 0 saturated carbocycles. The van der Waals surface area contributed by atoms with Gasteiger partial charge in [-0.05, 0) is 32.0 Å². The molecule has 0 radical (unpaired) electrons. The van der Waals surface area contributed by atoms with E-state index in [0.29, 0.717) is 23.6 Å². The lowest BCUT2D eigenvalue weighted by atomic mass is 10.1. The van der Waals surface area contributed by atoms with Crippen LogP contribution in [0.2, 0.25) is 0 Å². The van der Waals surface area contributed by atoms with Crippen LogP contribution < -0.4 is 15.4 Å². The largest absolute Gasteiger partial charge is 0.496 e. The molecule has 0 bridgehead atoms. The zero-order chi connectivity index (χ0) is 19.5. The highest BCUT2D eigenvalue weighted by Gasteiger charge is 2.12. The smallest absolute Gasteiger partial charge is 0.321 e. The fourth-order valence-corrected chi connectivity index (χ4v) is 2.71. The molecular formula is C17H22N2O6S. The summed E-state index contributed by atoms with van der Waals surface area (Å²) in [6.45, 7) is 3.04. The van der Waals surface area contributed by atoms with Crippen molar-refractivity contribution in [1.29, 1.82) is 0 Å². The van der Waals surface area contributed by atoms with Gasteiger partial charge in [-0.2, -0.15) is 0 Å². The van der Waals surface area contributed by atoms with Gasteiger partial charge in [-0.3, -0.25) is 19.7 Å². The highest BCUT2D eigenvalue weighted by Crippen LogP contribution is 2.24. The summed E-state index contributed by atoms with van der Waals surface area (Å²) in [5, 5.41) is 4.42. The number of hydrogen-bond donors (Lipinski definition) is 2. The fraction of sp³-hybridized carbons (Fsp3) is 0.412. The Balaban J connectivity index is 2.42. The maximum atomic E-state index is 11.7. The lowest BCUT2D eigenvalue weighted by molar-refractivity contribution is -0.145. The van der Waals surface area contributed by atoms with E-state index < -0.39 is 24.5 Å². The number of imide groups is 1. The zero-order valence-electron chi connectivity index (χ0n) is 14.9. The van der Waals surface area contributed by atoms with E-state index in [2.05, 4.69) is 5.32 Å². The van der Waals surface area contributed by atoms with Gasteiger partial charge >= 0.3 is 12.0 Å². The summed E-state index contributed by atoms with van der Waals surface area (Å²) < 4.78 is 10.0. The van der Waals surface area contributed by atoms with Crippen molar-refractivity contribution in [3.05, 3.63) is 29.3 Å². The average Bonchev–Trinajstić information content (AvgIpc) is 2.60. The quantitative estimate of drug-likeness (QED) is 0.492. The van der Waals surface area contributed by atoms with Gasteiger partial charge in [0, 0.05) is 23.4 Å². The van der Waals surface area contributed by atoms with Crippen LogP contribution in [-0.4, -0.2) is 49.7 Å². The molecule has 0 saturated heterocycles. The summed E-state index contributed by atoms with van der Waals surface area (Å²) in [4.78, 5) is 45.7. The Morgan fingerprint density at radius 2 is 1.92 bits per heavy atom. The Morgan fingerprint density at radius 3 is 2.54 bits per heavy atom. The summed E-state index contributed by atoms with van der Waals surface area (Å²) in [5.41, 5.74) is 1.35. The maximum absolute atomic E-state index is 11.7. The van der Waals surface area contributed by atoms with Gasteiger partial charge in [0.2, 0.25) is 0 Å². The average molecular weight is 382 g/mol. The molecule has 0 aliphatic rings. The number of amides is 3. The lowest BCUT2D eigenvalue weighted by Crippen LogP contribution is -2.41. The number of methoxy groups -OCH3 is 1. The molecule has 1 rings (SSSR count). The standard InChI is InChI=1S/C17H22N2O6S/c1-4-18-17(23)19-15(21)8-25-16(22)10-26-9-13-7-12(11(2)20)5-6-14(13)24-3/h5-7H,4,8-10H2,1-3H3,(H2,18,19,21,23). The van der Waals surface area contributed by atoms with Crippen molar-refractivity contribution in [2.45, 2.75) is 19.6 Å². The van der Waals surface area contributed by atoms with Gasteiger partial charge in [0.1, 0.15) is 5.75 Å². The fourth-order valence-electron chi connectivity index (χ4n) is 1.91. The summed E-state index contributed by atoms with van der Waals surface area (Å²) >= 11 is 1.26. The molecule has 142 valence electrons. The van der Waals surface area contributed by atoms with Gasteiger partial charge in [0.15, 0.2) is 12.4 Å². The number of carbonyl (C=O) groups is 4. The monoisotopic (exact) mass is 382 g/mol. The number of benzene rings is 1. The number of esters is 1. The minimum atomic E-state index is -0.704. The highest BCUT2D eigenvalue weighted by atomic mass is 32.2. The number of Topliss-reactive ketones (excluding diaryl/α,β-unsaturated/α-hetero) is 1. The molecule has 0 heterocycles. The SMILES string of the molecule is CCNC(=O)NC(=O)COC(=O)CSCc1cc(C(C)=O)ccc1OC. The minimum Gasteiger partial charge on any atom is -0.496 e. The second-order valence-corrected chi connectivity index (χ2v) is 6.13. The van der Waals surface area contributed by atoms with Crippen molar-refractivity contribution < 1.29 is 28.7 Å². The van der Waals surface area contributed by atoms with Gasteiger partial charge in [-0.15, -0.1) is 11.8 Å². The molecule has 0 aromatic heterocycles. The maximum Gasteiger partial charge on any atom is 0.321 e. The Kier molecular flexibility index (Phi) is 9.21. The molecular weight excluding hydrogens is 360 g/mol. The van der Waals surface area contributed by atoms with Crippen LogP contribution in [0.5, 0.6) is 5.75 Å². The number of carbonyl (C=O) groups excluding carboxylic acids is 4. The Bertz CT molecular complexity index is 677. The summed E-state index contributed by atoms with van der Waals surface area (Å²) in [7, 11) is 1.53. The van der Waals surface area contributed by atoms with E-state index in [1.807, 2.05) is 5.32 Å². The van der Waals surface area contributed by atoms with E-state index in [1.54, 1.807) is 25.1 Å². The number of thioether (sulfide) groups is 1.